The van der Waals surface area contributed by atoms with Crippen molar-refractivity contribution >= 4 is 17.8 Å². The molecule has 23 nitrogen and oxygen atoms in total. The molecule has 3 aliphatic rings. The molecule has 99 heavy (non-hydrogen) atoms. The molecule has 0 aromatic rings. The van der Waals surface area contributed by atoms with Gasteiger partial charge in [-0.2, -0.15) is 0 Å². The summed E-state index contributed by atoms with van der Waals surface area (Å²) < 4.78 is 34.9. The molecule has 3 aliphatic heterocycles. The highest BCUT2D eigenvalue weighted by molar-refractivity contribution is 5.77. The van der Waals surface area contributed by atoms with Gasteiger partial charge in [0.15, 0.2) is 12.6 Å². The standard InChI is InChI=1S/C76H140N2O21/c1-4-6-8-10-12-14-16-18-20-22-24-26-27-28-29-30-32-34-36-38-40-42-44-46-48-50-63(86)78-57(58(83)49-47-45-43-41-39-37-35-33-31-25-23-21-19-17-15-13-11-9-7-5-2)55-94-73-68(90)67(89)70(62(54-81)96-73)97-74-69(91)72(66(88)61(53-80)95-74)99-76(75(92)93)51-59(84)64(77-56(3)82)71(98-76)65(87)60(85)52-79/h28-29,47,49,57-62,64-74,79-81,83-85,87-91H,4-27,30-46,48,50-55H2,1-3H3,(H,77,82)(H,78,86)(H,92,93)/b29-28-,49-47+. The third-order valence-corrected chi connectivity index (χ3v) is 19.9. The van der Waals surface area contributed by atoms with Crippen LogP contribution in [0.3, 0.4) is 0 Å². The van der Waals surface area contributed by atoms with Crippen molar-refractivity contribution in [1.29, 1.82) is 0 Å². The van der Waals surface area contributed by atoms with Crippen molar-refractivity contribution in [2.45, 2.75) is 413 Å². The number of aliphatic hydroxyl groups excluding tert-OH is 11. The molecular formula is C76H140N2O21. The Labute approximate surface area is 594 Å². The molecule has 18 atom stereocenters. The van der Waals surface area contributed by atoms with Gasteiger partial charge in [0.05, 0.1) is 50.7 Å². The fraction of sp³-hybridized carbons (Fsp3) is 0.908. The van der Waals surface area contributed by atoms with E-state index in [9.17, 15) is 75.7 Å². The first-order chi connectivity index (χ1) is 47.9. The zero-order valence-corrected chi connectivity index (χ0v) is 61.1. The number of amides is 2. The number of aliphatic carboxylic acids is 1. The minimum atomic E-state index is -3.08. The van der Waals surface area contributed by atoms with Gasteiger partial charge >= 0.3 is 5.97 Å². The van der Waals surface area contributed by atoms with Crippen molar-refractivity contribution in [2.24, 2.45) is 0 Å². The van der Waals surface area contributed by atoms with Crippen molar-refractivity contribution in [2.75, 3.05) is 26.4 Å². The van der Waals surface area contributed by atoms with E-state index in [0.717, 1.165) is 58.3 Å². The number of carboxylic acids is 1. The summed E-state index contributed by atoms with van der Waals surface area (Å²) in [6, 6.07) is -2.62. The van der Waals surface area contributed by atoms with E-state index in [2.05, 4.69) is 36.6 Å². The Morgan fingerprint density at radius 1 is 0.525 bits per heavy atom. The first kappa shape index (κ1) is 90.4. The molecule has 2 amide bonds. The number of carbonyl (C=O) groups is 3. The van der Waals surface area contributed by atoms with Gasteiger partial charge < -0.3 is 100 Å². The lowest BCUT2D eigenvalue weighted by Gasteiger charge is -2.50. The highest BCUT2D eigenvalue weighted by atomic mass is 16.8. The van der Waals surface area contributed by atoms with Gasteiger partial charge in [0, 0.05) is 19.8 Å². The van der Waals surface area contributed by atoms with E-state index in [-0.39, 0.29) is 12.3 Å². The number of hydrogen-bond acceptors (Lipinski definition) is 20. The second-order valence-corrected chi connectivity index (χ2v) is 28.6. The second kappa shape index (κ2) is 55.7. The zero-order chi connectivity index (χ0) is 72.5. The topological polar surface area (TPSA) is 373 Å². The number of allylic oxidation sites excluding steroid dienone is 3. The third kappa shape index (κ3) is 36.7. The minimum Gasteiger partial charge on any atom is -0.477 e. The van der Waals surface area contributed by atoms with Crippen molar-refractivity contribution < 1.29 is 104 Å². The van der Waals surface area contributed by atoms with Crippen LogP contribution in [0.25, 0.3) is 0 Å². The molecule has 0 aromatic carbocycles. The fourth-order valence-electron chi connectivity index (χ4n) is 13.6. The molecule has 0 bridgehead atoms. The normalized spacial score (nSPS) is 27.2. The summed E-state index contributed by atoms with van der Waals surface area (Å²) in [6.07, 6.45) is 30.7. The number of aliphatic hydroxyl groups is 11. The molecule has 0 spiro atoms. The molecular weight excluding hydrogens is 1280 g/mol. The van der Waals surface area contributed by atoms with Gasteiger partial charge in [0.2, 0.25) is 11.8 Å². The van der Waals surface area contributed by atoms with Crippen LogP contribution in [0.5, 0.6) is 0 Å². The number of ether oxygens (including phenoxy) is 6. The smallest absolute Gasteiger partial charge is 0.364 e. The lowest BCUT2D eigenvalue weighted by Crippen LogP contribution is -2.70. The molecule has 0 radical (unpaired) electrons. The molecule has 3 fully saturated rings. The SMILES string of the molecule is CCCCCCCCCCCCCC/C=C\CCCCCCCCCCCC(=O)NC(COC1OC(CO)C(OC2OC(CO)C(O)C(OC3(C(=O)O)CC(O)C(NC(C)=O)C(C(O)C(O)CO)O3)C2O)C(O)C1O)C(O)/C=C/CCCCCCCCCCCCCCCCCCCC. The van der Waals surface area contributed by atoms with E-state index >= 15 is 0 Å². The monoisotopic (exact) mass is 1420 g/mol. The quantitative estimate of drug-likeness (QED) is 0.0199. The van der Waals surface area contributed by atoms with Crippen LogP contribution in [0.15, 0.2) is 24.3 Å². The molecule has 23 heteroatoms. The number of hydrogen-bond donors (Lipinski definition) is 14. The van der Waals surface area contributed by atoms with Crippen LogP contribution in [0.2, 0.25) is 0 Å². The maximum Gasteiger partial charge on any atom is 0.364 e. The molecule has 3 rings (SSSR count). The van der Waals surface area contributed by atoms with Crippen LogP contribution in [-0.4, -0.2) is 215 Å². The Hall–Kier alpha value is -2.79. The number of unbranched alkanes of at least 4 members (excludes halogenated alkanes) is 39. The van der Waals surface area contributed by atoms with E-state index in [1.165, 1.54) is 205 Å². The molecule has 3 heterocycles. The number of carboxylic acid groups (broad SMARTS) is 1. The predicted molar refractivity (Wildman–Crippen MR) is 380 cm³/mol. The lowest BCUT2D eigenvalue weighted by molar-refractivity contribution is -0.386. The Bertz CT molecular complexity index is 2080. The maximum atomic E-state index is 13.5. The lowest BCUT2D eigenvalue weighted by atomic mass is 9.88. The molecule has 18 unspecified atom stereocenters. The third-order valence-electron chi connectivity index (χ3n) is 19.9. The maximum absolute atomic E-state index is 13.5. The molecule has 0 aliphatic carbocycles. The van der Waals surface area contributed by atoms with Gasteiger partial charge in [-0.15, -0.1) is 0 Å². The predicted octanol–water partition coefficient (Wildman–Crippen LogP) is 9.57. The zero-order valence-electron chi connectivity index (χ0n) is 61.1. The molecule has 580 valence electrons. The van der Waals surface area contributed by atoms with Crippen LogP contribution < -0.4 is 10.6 Å². The van der Waals surface area contributed by atoms with Gasteiger partial charge in [0.1, 0.15) is 67.1 Å². The highest BCUT2D eigenvalue weighted by Crippen LogP contribution is 2.39. The average Bonchev–Trinajstić information content (AvgIpc) is 0.757. The van der Waals surface area contributed by atoms with Crippen LogP contribution in [-0.2, 0) is 42.8 Å². The average molecular weight is 1420 g/mol. The van der Waals surface area contributed by atoms with Crippen molar-refractivity contribution in [1.82, 2.24) is 10.6 Å². The second-order valence-electron chi connectivity index (χ2n) is 28.6. The largest absolute Gasteiger partial charge is 0.477 e. The Kier molecular flexibility index (Phi) is 50.8. The highest BCUT2D eigenvalue weighted by Gasteiger charge is 2.60. The Balaban J connectivity index is 1.54. The fourth-order valence-corrected chi connectivity index (χ4v) is 13.6. The van der Waals surface area contributed by atoms with Gasteiger partial charge in [-0.1, -0.05) is 263 Å². The summed E-state index contributed by atoms with van der Waals surface area (Å²) in [5, 5.41) is 136. The van der Waals surface area contributed by atoms with E-state index in [1.54, 1.807) is 6.08 Å². The van der Waals surface area contributed by atoms with Gasteiger partial charge in [-0.05, 0) is 44.9 Å². The van der Waals surface area contributed by atoms with Crippen molar-refractivity contribution in [3.63, 3.8) is 0 Å². The summed E-state index contributed by atoms with van der Waals surface area (Å²) in [5.74, 6) is -6.14. The van der Waals surface area contributed by atoms with Crippen LogP contribution in [0.1, 0.15) is 303 Å². The van der Waals surface area contributed by atoms with Crippen LogP contribution >= 0.6 is 0 Å². The Morgan fingerprint density at radius 2 is 0.949 bits per heavy atom. The van der Waals surface area contributed by atoms with Crippen molar-refractivity contribution in [3.8, 4) is 0 Å². The van der Waals surface area contributed by atoms with Crippen LogP contribution in [0, 0.1) is 0 Å². The van der Waals surface area contributed by atoms with E-state index in [0.29, 0.717) is 12.8 Å². The van der Waals surface area contributed by atoms with Crippen molar-refractivity contribution in [3.05, 3.63) is 24.3 Å². The minimum absolute atomic E-state index is 0.199. The molecule has 0 aromatic heterocycles. The summed E-state index contributed by atoms with van der Waals surface area (Å²) in [6.45, 7) is 2.18. The number of nitrogens with one attached hydrogen (secondary N) is 2. The summed E-state index contributed by atoms with van der Waals surface area (Å²) >= 11 is 0. The Morgan fingerprint density at radius 3 is 1.37 bits per heavy atom. The first-order valence-corrected chi connectivity index (χ1v) is 39.2. The first-order valence-electron chi connectivity index (χ1n) is 39.2. The molecule has 3 saturated heterocycles. The van der Waals surface area contributed by atoms with E-state index < -0.39 is 155 Å². The number of carbonyl (C=O) groups excluding carboxylic acids is 2. The number of rotatable bonds is 61. The van der Waals surface area contributed by atoms with Gasteiger partial charge in [-0.3, -0.25) is 9.59 Å². The molecule has 14 N–H and O–H groups in total. The van der Waals surface area contributed by atoms with Crippen LogP contribution in [0.4, 0.5) is 0 Å². The summed E-state index contributed by atoms with van der Waals surface area (Å²) in [5.41, 5.74) is 0. The molecule has 0 saturated carbocycles. The summed E-state index contributed by atoms with van der Waals surface area (Å²) in [7, 11) is 0. The van der Waals surface area contributed by atoms with Gasteiger partial charge in [-0.25, -0.2) is 4.79 Å². The van der Waals surface area contributed by atoms with Gasteiger partial charge in [0.25, 0.3) is 5.79 Å². The van der Waals surface area contributed by atoms with E-state index in [1.807, 2.05) is 6.08 Å². The van der Waals surface area contributed by atoms with E-state index in [4.69, 9.17) is 28.4 Å². The summed E-state index contributed by atoms with van der Waals surface area (Å²) in [4.78, 5) is 38.7.